The van der Waals surface area contributed by atoms with Gasteiger partial charge in [0.2, 0.25) is 5.91 Å². The molecule has 0 spiro atoms. The van der Waals surface area contributed by atoms with Gasteiger partial charge < -0.3 is 10.6 Å². The van der Waals surface area contributed by atoms with E-state index in [2.05, 4.69) is 16.0 Å². The van der Waals surface area contributed by atoms with E-state index >= 15 is 0 Å². The van der Waals surface area contributed by atoms with Gasteiger partial charge >= 0.3 is 6.03 Å². The first-order chi connectivity index (χ1) is 9.06. The average molecular weight is 282 g/mol. The van der Waals surface area contributed by atoms with Crippen LogP contribution < -0.4 is 16.0 Å². The number of hydrogen-bond donors (Lipinski definition) is 3. The van der Waals surface area contributed by atoms with Crippen LogP contribution in [0.1, 0.15) is 5.56 Å². The van der Waals surface area contributed by atoms with Crippen molar-refractivity contribution in [2.75, 3.05) is 6.54 Å². The summed E-state index contributed by atoms with van der Waals surface area (Å²) in [4.78, 5) is 33.8. The minimum Gasteiger partial charge on any atom is -0.353 e. The Morgan fingerprint density at radius 2 is 2.05 bits per heavy atom. The zero-order valence-electron chi connectivity index (χ0n) is 9.90. The smallest absolute Gasteiger partial charge is 0.322 e. The quantitative estimate of drug-likeness (QED) is 0.689. The Morgan fingerprint density at radius 1 is 1.32 bits per heavy atom. The molecule has 1 unspecified atom stereocenters. The van der Waals surface area contributed by atoms with Gasteiger partial charge in [0.05, 0.1) is 6.42 Å². The van der Waals surface area contributed by atoms with Crippen molar-refractivity contribution in [3.05, 3.63) is 34.9 Å². The van der Waals surface area contributed by atoms with E-state index in [0.29, 0.717) is 10.6 Å². The summed E-state index contributed by atoms with van der Waals surface area (Å²) in [5.74, 6) is -0.704. The molecule has 0 bridgehead atoms. The minimum atomic E-state index is -0.720. The Kier molecular flexibility index (Phi) is 4.01. The molecule has 0 aromatic heterocycles. The molecule has 1 aliphatic heterocycles. The first kappa shape index (κ1) is 13.4. The number of benzene rings is 1. The largest absolute Gasteiger partial charge is 0.353 e. The summed E-state index contributed by atoms with van der Waals surface area (Å²) in [6, 6.07) is 5.76. The number of hydrogen-bond acceptors (Lipinski definition) is 3. The van der Waals surface area contributed by atoms with Gasteiger partial charge in [0.15, 0.2) is 0 Å². The molecule has 0 saturated carbocycles. The summed E-state index contributed by atoms with van der Waals surface area (Å²) in [5, 5.41) is 7.58. The molecule has 0 radical (unpaired) electrons. The maximum Gasteiger partial charge on any atom is 0.322 e. The van der Waals surface area contributed by atoms with E-state index in [1.807, 2.05) is 0 Å². The fourth-order valence-corrected chi connectivity index (χ4v) is 1.90. The molecule has 6 nitrogen and oxygen atoms in total. The Balaban J connectivity index is 1.84. The molecule has 1 aliphatic rings. The van der Waals surface area contributed by atoms with Crippen molar-refractivity contribution in [1.82, 2.24) is 16.0 Å². The van der Waals surface area contributed by atoms with E-state index in [1.54, 1.807) is 24.3 Å². The number of carbonyl (C=O) groups is 3. The number of halogens is 1. The SMILES string of the molecule is O=C(Cc1ccccc1Cl)NCC1NC(=O)NC1=O. The zero-order chi connectivity index (χ0) is 13.8. The molecule has 1 aromatic carbocycles. The van der Waals surface area contributed by atoms with Gasteiger partial charge in [0, 0.05) is 11.6 Å². The van der Waals surface area contributed by atoms with E-state index in [1.165, 1.54) is 0 Å². The highest BCUT2D eigenvalue weighted by Crippen LogP contribution is 2.15. The lowest BCUT2D eigenvalue weighted by molar-refractivity contribution is -0.121. The summed E-state index contributed by atoms with van der Waals surface area (Å²) in [6.07, 6.45) is 0.127. The molecule has 100 valence electrons. The van der Waals surface area contributed by atoms with Crippen molar-refractivity contribution in [2.24, 2.45) is 0 Å². The second-order valence-corrected chi connectivity index (χ2v) is 4.49. The third-order valence-corrected chi connectivity index (χ3v) is 3.04. The number of amides is 4. The summed E-state index contributed by atoms with van der Waals surface area (Å²) >= 11 is 5.94. The van der Waals surface area contributed by atoms with Gasteiger partial charge in [-0.2, -0.15) is 0 Å². The van der Waals surface area contributed by atoms with E-state index in [-0.39, 0.29) is 18.9 Å². The maximum atomic E-state index is 11.7. The van der Waals surface area contributed by atoms with E-state index in [0.717, 1.165) is 0 Å². The first-order valence-electron chi connectivity index (χ1n) is 5.67. The molecule has 1 heterocycles. The van der Waals surface area contributed by atoms with Gasteiger partial charge in [-0.15, -0.1) is 0 Å². The molecule has 2 rings (SSSR count). The van der Waals surface area contributed by atoms with Crippen molar-refractivity contribution >= 4 is 29.4 Å². The third-order valence-electron chi connectivity index (χ3n) is 2.67. The Bertz CT molecular complexity index is 533. The van der Waals surface area contributed by atoms with Crippen LogP contribution in [0.25, 0.3) is 0 Å². The van der Waals surface area contributed by atoms with Crippen molar-refractivity contribution < 1.29 is 14.4 Å². The second kappa shape index (κ2) is 5.71. The Morgan fingerprint density at radius 3 is 2.68 bits per heavy atom. The molecular weight excluding hydrogens is 270 g/mol. The Labute approximate surface area is 114 Å². The molecule has 4 amide bonds. The molecular formula is C12H12ClN3O3. The number of carbonyl (C=O) groups excluding carboxylic acids is 3. The van der Waals surface area contributed by atoms with E-state index in [4.69, 9.17) is 11.6 Å². The van der Waals surface area contributed by atoms with Gasteiger partial charge in [-0.25, -0.2) is 4.79 Å². The molecule has 1 atom stereocenters. The number of nitrogens with one attached hydrogen (secondary N) is 3. The summed E-state index contributed by atoms with van der Waals surface area (Å²) in [5.41, 5.74) is 0.710. The van der Waals surface area contributed by atoms with E-state index in [9.17, 15) is 14.4 Å². The zero-order valence-corrected chi connectivity index (χ0v) is 10.7. The van der Waals surface area contributed by atoms with Crippen molar-refractivity contribution in [3.8, 4) is 0 Å². The average Bonchev–Trinajstić information content (AvgIpc) is 2.68. The highest BCUT2D eigenvalue weighted by atomic mass is 35.5. The van der Waals surface area contributed by atoms with Gasteiger partial charge in [-0.3, -0.25) is 14.9 Å². The van der Waals surface area contributed by atoms with Crippen LogP contribution in [0.5, 0.6) is 0 Å². The van der Waals surface area contributed by atoms with Crippen molar-refractivity contribution in [2.45, 2.75) is 12.5 Å². The summed E-state index contributed by atoms with van der Waals surface area (Å²) in [7, 11) is 0. The van der Waals surface area contributed by atoms with Crippen LogP contribution in [0, 0.1) is 0 Å². The summed E-state index contributed by atoms with van der Waals surface area (Å²) in [6.45, 7) is 0.0564. The fourth-order valence-electron chi connectivity index (χ4n) is 1.70. The minimum absolute atomic E-state index is 0.0564. The predicted molar refractivity (Wildman–Crippen MR) is 68.6 cm³/mol. The van der Waals surface area contributed by atoms with Gasteiger partial charge in [0.1, 0.15) is 6.04 Å². The van der Waals surface area contributed by atoms with Gasteiger partial charge in [0.25, 0.3) is 5.91 Å². The van der Waals surface area contributed by atoms with Crippen LogP contribution in [0.3, 0.4) is 0 Å². The molecule has 7 heteroatoms. The van der Waals surface area contributed by atoms with Crippen LogP contribution in [-0.2, 0) is 16.0 Å². The highest BCUT2D eigenvalue weighted by molar-refractivity contribution is 6.31. The Hall–Kier alpha value is -2.08. The van der Waals surface area contributed by atoms with Crippen LogP contribution in [0.15, 0.2) is 24.3 Å². The van der Waals surface area contributed by atoms with Crippen LogP contribution in [-0.4, -0.2) is 30.4 Å². The van der Waals surface area contributed by atoms with Gasteiger partial charge in [-0.1, -0.05) is 29.8 Å². The third kappa shape index (κ3) is 3.45. The fraction of sp³-hybridized carbons (Fsp3) is 0.250. The van der Waals surface area contributed by atoms with Crippen molar-refractivity contribution in [1.29, 1.82) is 0 Å². The molecule has 1 aromatic rings. The lowest BCUT2D eigenvalue weighted by Gasteiger charge is -2.09. The van der Waals surface area contributed by atoms with Crippen LogP contribution in [0.2, 0.25) is 5.02 Å². The topological polar surface area (TPSA) is 87.3 Å². The molecule has 1 fully saturated rings. The first-order valence-corrected chi connectivity index (χ1v) is 6.05. The molecule has 1 saturated heterocycles. The van der Waals surface area contributed by atoms with Crippen LogP contribution >= 0.6 is 11.6 Å². The molecule has 19 heavy (non-hydrogen) atoms. The highest BCUT2D eigenvalue weighted by Gasteiger charge is 2.29. The number of urea groups is 1. The molecule has 3 N–H and O–H groups in total. The standard InChI is InChI=1S/C12H12ClN3O3/c13-8-4-2-1-3-7(8)5-10(17)14-6-9-11(18)16-12(19)15-9/h1-4,9H,5-6H2,(H,14,17)(H2,15,16,18,19). The van der Waals surface area contributed by atoms with Crippen LogP contribution in [0.4, 0.5) is 4.79 Å². The monoisotopic (exact) mass is 281 g/mol. The number of rotatable bonds is 4. The lowest BCUT2D eigenvalue weighted by atomic mass is 10.1. The number of imide groups is 1. The lowest BCUT2D eigenvalue weighted by Crippen LogP contribution is -2.42. The van der Waals surface area contributed by atoms with E-state index < -0.39 is 18.0 Å². The normalized spacial score (nSPS) is 17.8. The second-order valence-electron chi connectivity index (χ2n) is 4.09. The van der Waals surface area contributed by atoms with Crippen molar-refractivity contribution in [3.63, 3.8) is 0 Å². The summed E-state index contributed by atoms with van der Waals surface area (Å²) < 4.78 is 0. The maximum absolute atomic E-state index is 11.7. The predicted octanol–water partition coefficient (Wildman–Crippen LogP) is 0.207. The van der Waals surface area contributed by atoms with Gasteiger partial charge in [-0.05, 0) is 11.6 Å². The molecule has 0 aliphatic carbocycles.